The molecule has 35 heavy (non-hydrogen) atoms. The number of unbranched alkanes of at least 4 members (excludes halogenated alkanes) is 22. The van der Waals surface area contributed by atoms with Gasteiger partial charge in [-0.2, -0.15) is 0 Å². The van der Waals surface area contributed by atoms with Gasteiger partial charge in [-0.05, 0) is 12.8 Å². The van der Waals surface area contributed by atoms with Crippen LogP contribution in [-0.4, -0.2) is 29.6 Å². The zero-order chi connectivity index (χ0) is 25.2. The molecule has 2 heteroatoms. The molecule has 1 rings (SSSR count). The minimum absolute atomic E-state index is 0.767. The number of rotatable bonds is 27. The Morgan fingerprint density at radius 2 is 0.771 bits per heavy atom. The van der Waals surface area contributed by atoms with E-state index in [-0.39, 0.29) is 0 Å². The van der Waals surface area contributed by atoms with Crippen LogP contribution < -0.4 is 0 Å². The van der Waals surface area contributed by atoms with Gasteiger partial charge in [-0.3, -0.25) is 0 Å². The SMILES string of the molecule is CCCCCCCCCCCCCCCCCCC(CCCCCCCCCC)N1C=CN(C)C1. The first-order valence-corrected chi connectivity index (χ1v) is 16.4. The van der Waals surface area contributed by atoms with Crippen LogP contribution in [0.2, 0.25) is 0 Å². The van der Waals surface area contributed by atoms with Gasteiger partial charge >= 0.3 is 0 Å². The van der Waals surface area contributed by atoms with E-state index in [1.54, 1.807) is 0 Å². The molecule has 1 unspecified atom stereocenters. The van der Waals surface area contributed by atoms with E-state index in [2.05, 4.69) is 43.1 Å². The van der Waals surface area contributed by atoms with Gasteiger partial charge in [0.15, 0.2) is 0 Å². The Kier molecular flexibility index (Phi) is 23.1. The van der Waals surface area contributed by atoms with Gasteiger partial charge in [0.25, 0.3) is 0 Å². The van der Waals surface area contributed by atoms with Gasteiger partial charge in [-0.25, -0.2) is 0 Å². The summed E-state index contributed by atoms with van der Waals surface area (Å²) >= 11 is 0. The fraction of sp³-hybridized carbons (Fsp3) is 0.939. The Bertz CT molecular complexity index is 446. The van der Waals surface area contributed by atoms with Crippen LogP contribution in [-0.2, 0) is 0 Å². The zero-order valence-electron chi connectivity index (χ0n) is 24.7. The first-order valence-electron chi connectivity index (χ1n) is 16.4. The molecule has 1 aliphatic rings. The molecule has 0 saturated heterocycles. The summed E-state index contributed by atoms with van der Waals surface area (Å²) in [6, 6.07) is 0.767. The molecule has 0 aromatic rings. The van der Waals surface area contributed by atoms with Gasteiger partial charge in [0.2, 0.25) is 0 Å². The fourth-order valence-corrected chi connectivity index (χ4v) is 5.71. The average molecular weight is 491 g/mol. The van der Waals surface area contributed by atoms with Crippen molar-refractivity contribution in [1.29, 1.82) is 0 Å². The normalized spacial score (nSPS) is 14.4. The summed E-state index contributed by atoms with van der Waals surface area (Å²) in [6.07, 6.45) is 42.2. The molecule has 0 radical (unpaired) electrons. The Morgan fingerprint density at radius 1 is 0.457 bits per heavy atom. The van der Waals surface area contributed by atoms with Crippen LogP contribution in [0.15, 0.2) is 12.4 Å². The Morgan fingerprint density at radius 3 is 1.06 bits per heavy atom. The number of hydrogen-bond acceptors (Lipinski definition) is 2. The summed E-state index contributed by atoms with van der Waals surface area (Å²) < 4.78 is 0. The Labute approximate surface area is 222 Å². The smallest absolute Gasteiger partial charge is 0.0893 e. The highest BCUT2D eigenvalue weighted by Crippen LogP contribution is 2.22. The monoisotopic (exact) mass is 491 g/mol. The van der Waals surface area contributed by atoms with Crippen molar-refractivity contribution in [2.24, 2.45) is 0 Å². The van der Waals surface area contributed by atoms with E-state index < -0.39 is 0 Å². The van der Waals surface area contributed by atoms with E-state index in [1.165, 1.54) is 167 Å². The standard InChI is InChI=1S/C33H66N2/c1-4-6-8-10-12-14-15-16-17-18-19-20-21-23-25-27-29-33(35-31-30-34(3)32-35)28-26-24-22-13-11-9-7-5-2/h30-31,33H,4-29,32H2,1-3H3. The Balaban J connectivity index is 1.96. The van der Waals surface area contributed by atoms with Crippen LogP contribution in [0.25, 0.3) is 0 Å². The van der Waals surface area contributed by atoms with Crippen LogP contribution in [0.1, 0.15) is 181 Å². The largest absolute Gasteiger partial charge is 0.362 e. The van der Waals surface area contributed by atoms with Crippen molar-refractivity contribution >= 4 is 0 Å². The van der Waals surface area contributed by atoms with Crippen molar-refractivity contribution in [1.82, 2.24) is 9.80 Å². The van der Waals surface area contributed by atoms with E-state index in [1.807, 2.05) is 0 Å². The van der Waals surface area contributed by atoms with Gasteiger partial charge < -0.3 is 9.80 Å². The van der Waals surface area contributed by atoms with Crippen molar-refractivity contribution in [3.63, 3.8) is 0 Å². The maximum absolute atomic E-state index is 2.62. The van der Waals surface area contributed by atoms with Crippen molar-refractivity contribution in [2.45, 2.75) is 187 Å². The highest BCUT2D eigenvalue weighted by molar-refractivity contribution is 4.92. The maximum Gasteiger partial charge on any atom is 0.0893 e. The summed E-state index contributed by atoms with van der Waals surface area (Å²) in [7, 11) is 2.21. The molecule has 0 amide bonds. The van der Waals surface area contributed by atoms with Crippen molar-refractivity contribution in [3.8, 4) is 0 Å². The summed E-state index contributed by atoms with van der Waals surface area (Å²) in [5.41, 5.74) is 0. The van der Waals surface area contributed by atoms with Gasteiger partial charge in [0, 0.05) is 25.5 Å². The molecule has 1 aliphatic heterocycles. The van der Waals surface area contributed by atoms with Crippen molar-refractivity contribution < 1.29 is 0 Å². The molecule has 0 N–H and O–H groups in total. The fourth-order valence-electron chi connectivity index (χ4n) is 5.71. The number of hydrogen-bond donors (Lipinski definition) is 0. The zero-order valence-corrected chi connectivity index (χ0v) is 24.7. The molecule has 0 bridgehead atoms. The quantitative estimate of drug-likeness (QED) is 0.106. The van der Waals surface area contributed by atoms with E-state index in [0.717, 1.165) is 12.7 Å². The molecule has 0 saturated carbocycles. The molecular weight excluding hydrogens is 424 g/mol. The summed E-state index contributed by atoms with van der Waals surface area (Å²) in [5.74, 6) is 0. The summed E-state index contributed by atoms with van der Waals surface area (Å²) in [4.78, 5) is 4.95. The highest BCUT2D eigenvalue weighted by atomic mass is 15.3. The highest BCUT2D eigenvalue weighted by Gasteiger charge is 2.18. The molecule has 0 aliphatic carbocycles. The van der Waals surface area contributed by atoms with Gasteiger partial charge in [-0.1, -0.05) is 168 Å². The third kappa shape index (κ3) is 20.1. The lowest BCUT2D eigenvalue weighted by Gasteiger charge is -2.29. The Hall–Kier alpha value is -0.660. The molecule has 0 spiro atoms. The predicted octanol–water partition coefficient (Wildman–Crippen LogP) is 11.2. The lowest BCUT2D eigenvalue weighted by Crippen LogP contribution is -2.33. The molecule has 2 nitrogen and oxygen atoms in total. The molecule has 208 valence electrons. The second-order valence-corrected chi connectivity index (χ2v) is 11.7. The second kappa shape index (κ2) is 25.0. The molecule has 0 aromatic carbocycles. The molecule has 0 fully saturated rings. The van der Waals surface area contributed by atoms with Crippen LogP contribution in [0, 0.1) is 0 Å². The van der Waals surface area contributed by atoms with E-state index in [9.17, 15) is 0 Å². The van der Waals surface area contributed by atoms with Crippen LogP contribution in [0.4, 0.5) is 0 Å². The van der Waals surface area contributed by atoms with E-state index >= 15 is 0 Å². The average Bonchev–Trinajstić information content (AvgIpc) is 3.30. The number of nitrogens with zero attached hydrogens (tertiary/aromatic N) is 2. The van der Waals surface area contributed by atoms with Gasteiger partial charge in [-0.15, -0.1) is 0 Å². The van der Waals surface area contributed by atoms with E-state index in [0.29, 0.717) is 0 Å². The first kappa shape index (κ1) is 32.4. The minimum Gasteiger partial charge on any atom is -0.362 e. The second-order valence-electron chi connectivity index (χ2n) is 11.7. The maximum atomic E-state index is 2.62. The third-order valence-corrected chi connectivity index (χ3v) is 8.15. The van der Waals surface area contributed by atoms with Gasteiger partial charge in [0.05, 0.1) is 6.67 Å². The summed E-state index contributed by atoms with van der Waals surface area (Å²) in [5, 5.41) is 0. The lowest BCUT2D eigenvalue weighted by molar-refractivity contribution is 0.203. The topological polar surface area (TPSA) is 6.48 Å². The predicted molar refractivity (Wildman–Crippen MR) is 159 cm³/mol. The summed E-state index contributed by atoms with van der Waals surface area (Å²) in [6.45, 7) is 5.71. The van der Waals surface area contributed by atoms with Gasteiger partial charge in [0.1, 0.15) is 0 Å². The molecule has 0 aromatic heterocycles. The van der Waals surface area contributed by atoms with Crippen LogP contribution >= 0.6 is 0 Å². The van der Waals surface area contributed by atoms with Crippen molar-refractivity contribution in [2.75, 3.05) is 13.7 Å². The third-order valence-electron chi connectivity index (χ3n) is 8.15. The molecule has 1 atom stereocenters. The molecule has 1 heterocycles. The van der Waals surface area contributed by atoms with E-state index in [4.69, 9.17) is 0 Å². The van der Waals surface area contributed by atoms with Crippen molar-refractivity contribution in [3.05, 3.63) is 12.4 Å². The first-order chi connectivity index (χ1) is 17.3. The minimum atomic E-state index is 0.767. The molecular formula is C33H66N2. The van der Waals surface area contributed by atoms with Crippen LogP contribution in [0.5, 0.6) is 0 Å². The van der Waals surface area contributed by atoms with Crippen LogP contribution in [0.3, 0.4) is 0 Å². The lowest BCUT2D eigenvalue weighted by atomic mass is 9.98.